The summed E-state index contributed by atoms with van der Waals surface area (Å²) in [6.45, 7) is 16.0. The van der Waals surface area contributed by atoms with Crippen molar-refractivity contribution >= 4 is 46.0 Å². The molecule has 11 nitrogen and oxygen atoms in total. The van der Waals surface area contributed by atoms with Crippen LogP contribution in [0.25, 0.3) is 0 Å². The molecule has 0 aliphatic carbocycles. The summed E-state index contributed by atoms with van der Waals surface area (Å²) in [6.07, 6.45) is -0.674. The molecule has 1 aliphatic heterocycles. The molecule has 0 saturated carbocycles. The minimum Gasteiger partial charge on any atom is -0.444 e. The summed E-state index contributed by atoms with van der Waals surface area (Å²) < 4.78 is 5.37. The fourth-order valence-corrected chi connectivity index (χ4v) is 4.70. The fourth-order valence-electron chi connectivity index (χ4n) is 3.60. The molecule has 0 aromatic carbocycles. The Hall–Kier alpha value is -3.15. The van der Waals surface area contributed by atoms with E-state index in [0.29, 0.717) is 5.00 Å². The highest BCUT2D eigenvalue weighted by atomic mass is 32.1. The molecule has 0 unspecified atom stereocenters. The number of hydrogen-bond donors (Lipinski definition) is 3. The van der Waals surface area contributed by atoms with Gasteiger partial charge in [-0.15, -0.1) is 11.3 Å². The lowest BCUT2D eigenvalue weighted by Crippen LogP contribution is -2.65. The number of rotatable bonds is 4. The van der Waals surface area contributed by atoms with Crippen LogP contribution in [0.3, 0.4) is 0 Å². The molecule has 1 aromatic rings. The van der Waals surface area contributed by atoms with Crippen LogP contribution in [-0.4, -0.2) is 75.4 Å². The molecule has 0 bridgehead atoms. The maximum absolute atomic E-state index is 13.7. The third-order valence-electron chi connectivity index (χ3n) is 5.45. The molecule has 3 N–H and O–H groups in total. The van der Waals surface area contributed by atoms with E-state index in [1.54, 1.807) is 40.7 Å². The van der Waals surface area contributed by atoms with Crippen LogP contribution in [0.4, 0.5) is 9.80 Å². The Bertz CT molecular complexity index is 1060. The van der Waals surface area contributed by atoms with Crippen LogP contribution in [0.5, 0.6) is 0 Å². The van der Waals surface area contributed by atoms with E-state index >= 15 is 0 Å². The van der Waals surface area contributed by atoms with Gasteiger partial charge in [0.1, 0.15) is 28.5 Å². The average Bonchev–Trinajstić information content (AvgIpc) is 3.13. The number of nitrogens with one attached hydrogen (secondary N) is 2. The Balaban J connectivity index is 2.32. The van der Waals surface area contributed by atoms with Gasteiger partial charge in [0.25, 0.3) is 5.91 Å². The first kappa shape index (κ1) is 29.1. The maximum Gasteiger partial charge on any atom is 0.412 e. The molecule has 1 fully saturated rings. The first-order valence-corrected chi connectivity index (χ1v) is 12.4. The second-order valence-corrected chi connectivity index (χ2v) is 12.3. The molecular weight excluding hydrogens is 486 g/mol. The monoisotopic (exact) mass is 523 g/mol. The van der Waals surface area contributed by atoms with Gasteiger partial charge >= 0.3 is 6.09 Å². The number of amidine groups is 1. The summed E-state index contributed by atoms with van der Waals surface area (Å²) in [5.41, 5.74) is -1.96. The van der Waals surface area contributed by atoms with Crippen LogP contribution in [0.2, 0.25) is 0 Å². The van der Waals surface area contributed by atoms with Gasteiger partial charge in [-0.3, -0.25) is 19.7 Å². The molecule has 1 saturated heterocycles. The van der Waals surface area contributed by atoms with Crippen molar-refractivity contribution in [2.75, 3.05) is 25.0 Å². The summed E-state index contributed by atoms with van der Waals surface area (Å²) in [4.78, 5) is 55.4. The van der Waals surface area contributed by atoms with Crippen molar-refractivity contribution in [3.8, 4) is 0 Å². The average molecular weight is 524 g/mol. The zero-order valence-electron chi connectivity index (χ0n) is 22.4. The van der Waals surface area contributed by atoms with Gasteiger partial charge in [-0.2, -0.15) is 0 Å². The molecule has 12 heteroatoms. The van der Waals surface area contributed by atoms with Crippen molar-refractivity contribution in [3.05, 3.63) is 16.5 Å². The Morgan fingerprint density at radius 3 is 2.31 bits per heavy atom. The molecule has 2 heterocycles. The number of carbonyl (C=O) groups excluding carboxylic acids is 4. The van der Waals surface area contributed by atoms with Gasteiger partial charge in [0.15, 0.2) is 0 Å². The smallest absolute Gasteiger partial charge is 0.412 e. The van der Waals surface area contributed by atoms with Gasteiger partial charge in [0, 0.05) is 18.0 Å². The van der Waals surface area contributed by atoms with Gasteiger partial charge in [-0.1, -0.05) is 25.9 Å². The summed E-state index contributed by atoms with van der Waals surface area (Å²) in [5.74, 6) is -1.30. The van der Waals surface area contributed by atoms with Gasteiger partial charge in [-0.05, 0) is 53.0 Å². The van der Waals surface area contributed by atoms with Gasteiger partial charge < -0.3 is 25.1 Å². The molecule has 0 atom stereocenters. The van der Waals surface area contributed by atoms with E-state index in [-0.39, 0.29) is 36.4 Å². The number of nitrogens with zero attached hydrogens (tertiary/aromatic N) is 3. The number of carbonyl (C=O) groups is 4. The summed E-state index contributed by atoms with van der Waals surface area (Å²) in [5, 5.41) is 17.1. The highest BCUT2D eigenvalue weighted by Crippen LogP contribution is 2.38. The SMILES string of the molecule is C/C(=N/O)NC(=O)CN1CCN(C(=O)c2cc(C(C)(C)C)sc2NC(=O)OC(C)(C)C)C(C)(C)C1=O. The standard InChI is InChI=1S/C24H37N5O6S/c1-14(27-34)25-17(30)13-28-10-11-29(24(8,9)20(28)32)19(31)15-12-16(22(2,3)4)36-18(15)26-21(33)35-23(5,6)7/h12,34H,10-11,13H2,1-9H3,(H,26,33)(H,25,27,30). The quantitative estimate of drug-likeness (QED) is 0.239. The number of piperazine rings is 1. The van der Waals surface area contributed by atoms with Crippen molar-refractivity contribution in [3.63, 3.8) is 0 Å². The van der Waals surface area contributed by atoms with Crippen LogP contribution in [0.15, 0.2) is 11.2 Å². The minimum atomic E-state index is -1.25. The van der Waals surface area contributed by atoms with Gasteiger partial charge in [0.2, 0.25) is 11.8 Å². The highest BCUT2D eigenvalue weighted by molar-refractivity contribution is 7.16. The predicted octanol–water partition coefficient (Wildman–Crippen LogP) is 3.38. The van der Waals surface area contributed by atoms with E-state index in [4.69, 9.17) is 9.94 Å². The molecule has 0 radical (unpaired) electrons. The largest absolute Gasteiger partial charge is 0.444 e. The second kappa shape index (κ2) is 10.5. The number of oxime groups is 1. The lowest BCUT2D eigenvalue weighted by atomic mass is 9.93. The molecule has 36 heavy (non-hydrogen) atoms. The van der Waals surface area contributed by atoms with Crippen molar-refractivity contribution in [2.45, 2.75) is 78.9 Å². The first-order chi connectivity index (χ1) is 16.4. The number of thiophene rings is 1. The van der Waals surface area contributed by atoms with Crippen molar-refractivity contribution in [1.82, 2.24) is 15.1 Å². The summed E-state index contributed by atoms with van der Waals surface area (Å²) in [7, 11) is 0. The van der Waals surface area contributed by atoms with Crippen molar-refractivity contribution in [1.29, 1.82) is 0 Å². The lowest BCUT2D eigenvalue weighted by Gasteiger charge is -2.45. The van der Waals surface area contributed by atoms with Crippen molar-refractivity contribution < 1.29 is 29.1 Å². The maximum atomic E-state index is 13.7. The van der Waals surface area contributed by atoms with E-state index in [1.807, 2.05) is 20.8 Å². The third kappa shape index (κ3) is 6.96. The Kier molecular flexibility index (Phi) is 8.44. The zero-order chi connectivity index (χ0) is 27.6. The van der Waals surface area contributed by atoms with E-state index in [9.17, 15) is 19.2 Å². The summed E-state index contributed by atoms with van der Waals surface area (Å²) in [6, 6.07) is 1.75. The van der Waals surface area contributed by atoms with Crippen LogP contribution in [-0.2, 0) is 19.7 Å². The number of amides is 4. The second-order valence-electron chi connectivity index (χ2n) is 11.2. The molecule has 2 rings (SSSR count). The molecular formula is C24H37N5O6S. The van der Waals surface area contributed by atoms with E-state index in [2.05, 4.69) is 15.8 Å². The van der Waals surface area contributed by atoms with Gasteiger partial charge in [0.05, 0.1) is 5.56 Å². The predicted molar refractivity (Wildman–Crippen MR) is 138 cm³/mol. The highest BCUT2D eigenvalue weighted by Gasteiger charge is 2.45. The normalized spacial score (nSPS) is 16.6. The third-order valence-corrected chi connectivity index (χ3v) is 6.92. The van der Waals surface area contributed by atoms with Crippen LogP contribution in [0.1, 0.15) is 77.5 Å². The fraction of sp³-hybridized carbons (Fsp3) is 0.625. The number of ether oxygens (including phenoxy) is 1. The first-order valence-electron chi connectivity index (χ1n) is 11.6. The summed E-state index contributed by atoms with van der Waals surface area (Å²) >= 11 is 1.29. The van der Waals surface area contributed by atoms with Crippen LogP contribution < -0.4 is 10.6 Å². The number of anilines is 1. The van der Waals surface area contributed by atoms with E-state index < -0.39 is 35.0 Å². The lowest BCUT2D eigenvalue weighted by molar-refractivity contribution is -0.148. The Morgan fingerprint density at radius 1 is 1.17 bits per heavy atom. The van der Waals surface area contributed by atoms with Crippen LogP contribution in [0, 0.1) is 0 Å². The van der Waals surface area contributed by atoms with Crippen molar-refractivity contribution in [2.24, 2.45) is 5.16 Å². The molecule has 0 spiro atoms. The Labute approximate surface area is 215 Å². The minimum absolute atomic E-state index is 0.0117. The molecule has 200 valence electrons. The number of hydrogen-bond acceptors (Lipinski definition) is 8. The molecule has 1 aliphatic rings. The zero-order valence-corrected chi connectivity index (χ0v) is 23.3. The van der Waals surface area contributed by atoms with Crippen LogP contribution >= 0.6 is 11.3 Å². The van der Waals surface area contributed by atoms with E-state index in [0.717, 1.165) is 4.88 Å². The Morgan fingerprint density at radius 2 is 1.78 bits per heavy atom. The molecule has 4 amide bonds. The molecule has 1 aromatic heterocycles. The topological polar surface area (TPSA) is 141 Å². The van der Waals surface area contributed by atoms with Gasteiger partial charge in [-0.25, -0.2) is 4.79 Å². The van der Waals surface area contributed by atoms with E-state index in [1.165, 1.54) is 28.1 Å².